The first-order valence-corrected chi connectivity index (χ1v) is 9.21. The van der Waals surface area contributed by atoms with Gasteiger partial charge in [-0.1, -0.05) is 19.0 Å². The summed E-state index contributed by atoms with van der Waals surface area (Å²) in [6.07, 6.45) is 5.37. The molecule has 2 aromatic heterocycles. The topological polar surface area (TPSA) is 59.2 Å². The van der Waals surface area contributed by atoms with E-state index in [2.05, 4.69) is 16.2 Å². The van der Waals surface area contributed by atoms with Gasteiger partial charge in [0.15, 0.2) is 5.82 Å². The van der Waals surface area contributed by atoms with E-state index in [0.29, 0.717) is 11.7 Å². The van der Waals surface area contributed by atoms with Gasteiger partial charge in [-0.2, -0.15) is 4.98 Å². The molecule has 1 saturated heterocycles. The van der Waals surface area contributed by atoms with Crippen LogP contribution in [0.25, 0.3) is 0 Å². The van der Waals surface area contributed by atoms with Gasteiger partial charge in [-0.15, -0.1) is 11.3 Å². The van der Waals surface area contributed by atoms with Crippen molar-refractivity contribution in [3.8, 4) is 0 Å². The summed E-state index contributed by atoms with van der Waals surface area (Å²) < 4.78 is 5.33. The maximum atomic E-state index is 12.9. The molecule has 0 N–H and O–H groups in total. The molecule has 0 spiro atoms. The van der Waals surface area contributed by atoms with Crippen LogP contribution in [-0.2, 0) is 12.8 Å². The number of fused-ring (bicyclic) bond motifs is 1. The van der Waals surface area contributed by atoms with E-state index >= 15 is 0 Å². The first-order chi connectivity index (χ1) is 11.1. The van der Waals surface area contributed by atoms with Crippen LogP contribution in [0.1, 0.15) is 76.9 Å². The summed E-state index contributed by atoms with van der Waals surface area (Å²) in [5.74, 6) is 1.64. The fraction of sp³-hybridized carbons (Fsp3) is 0.588. The van der Waals surface area contributed by atoms with E-state index in [-0.39, 0.29) is 17.9 Å². The maximum absolute atomic E-state index is 12.9. The number of nitrogens with zero attached hydrogens (tertiary/aromatic N) is 3. The van der Waals surface area contributed by atoms with Crippen molar-refractivity contribution >= 4 is 17.2 Å². The Morgan fingerprint density at radius 3 is 3.00 bits per heavy atom. The van der Waals surface area contributed by atoms with Crippen molar-refractivity contribution in [1.29, 1.82) is 0 Å². The van der Waals surface area contributed by atoms with Crippen molar-refractivity contribution in [3.63, 3.8) is 0 Å². The third-order valence-corrected chi connectivity index (χ3v) is 5.95. The molecule has 122 valence electrons. The van der Waals surface area contributed by atoms with Crippen LogP contribution in [0.3, 0.4) is 0 Å². The zero-order chi connectivity index (χ0) is 16.0. The molecule has 1 fully saturated rings. The van der Waals surface area contributed by atoms with Crippen LogP contribution < -0.4 is 0 Å². The predicted octanol–water partition coefficient (Wildman–Crippen LogP) is 3.72. The van der Waals surface area contributed by atoms with Gasteiger partial charge < -0.3 is 9.42 Å². The normalized spacial score (nSPS) is 20.5. The summed E-state index contributed by atoms with van der Waals surface area (Å²) in [7, 11) is 0. The number of amides is 1. The largest absolute Gasteiger partial charge is 0.339 e. The summed E-state index contributed by atoms with van der Waals surface area (Å²) in [5, 5.41) is 4.12. The summed E-state index contributed by atoms with van der Waals surface area (Å²) in [6.45, 7) is 4.84. The molecule has 0 bridgehead atoms. The van der Waals surface area contributed by atoms with E-state index < -0.39 is 0 Å². The second-order valence-corrected chi connectivity index (χ2v) is 7.85. The molecule has 1 aliphatic carbocycles. The summed E-state index contributed by atoms with van der Waals surface area (Å²) in [4.78, 5) is 21.6. The molecule has 2 aromatic rings. The van der Waals surface area contributed by atoms with Gasteiger partial charge in [0.25, 0.3) is 5.91 Å². The Morgan fingerprint density at radius 2 is 2.26 bits per heavy atom. The van der Waals surface area contributed by atoms with Crippen LogP contribution in [0.5, 0.6) is 0 Å². The maximum Gasteiger partial charge on any atom is 0.264 e. The molecule has 1 atom stereocenters. The number of aryl methyl sites for hydroxylation is 2. The minimum Gasteiger partial charge on any atom is -0.339 e. The lowest BCUT2D eigenvalue weighted by Crippen LogP contribution is -2.30. The molecule has 3 heterocycles. The number of thiophene rings is 1. The van der Waals surface area contributed by atoms with Crippen molar-refractivity contribution in [2.45, 2.75) is 57.9 Å². The van der Waals surface area contributed by atoms with E-state index in [9.17, 15) is 4.79 Å². The lowest BCUT2D eigenvalue weighted by Gasteiger charge is -2.21. The van der Waals surface area contributed by atoms with Crippen LogP contribution in [0, 0.1) is 0 Å². The fourth-order valence-corrected chi connectivity index (χ4v) is 4.68. The number of aromatic nitrogens is 2. The molecule has 23 heavy (non-hydrogen) atoms. The van der Waals surface area contributed by atoms with Gasteiger partial charge in [-0.25, -0.2) is 0 Å². The number of carbonyl (C=O) groups is 1. The first kappa shape index (κ1) is 14.9. The highest BCUT2D eigenvalue weighted by Gasteiger charge is 2.35. The fourth-order valence-electron chi connectivity index (χ4n) is 3.47. The zero-order valence-corrected chi connectivity index (χ0v) is 14.4. The van der Waals surface area contributed by atoms with Gasteiger partial charge in [-0.3, -0.25) is 4.79 Å². The van der Waals surface area contributed by atoms with Crippen LogP contribution in [0.4, 0.5) is 0 Å². The van der Waals surface area contributed by atoms with Gasteiger partial charge >= 0.3 is 0 Å². The number of rotatable bonds is 3. The molecule has 1 amide bonds. The van der Waals surface area contributed by atoms with Gasteiger partial charge in [-0.05, 0) is 43.7 Å². The molecule has 0 unspecified atom stereocenters. The SMILES string of the molecule is CC(C)c1nc([C@H]2CCCN2C(=O)c2cc3c(s2)CCC3)no1. The van der Waals surface area contributed by atoms with E-state index in [1.807, 2.05) is 18.7 Å². The molecule has 5 nitrogen and oxygen atoms in total. The standard InChI is InChI=1S/C17H21N3O2S/c1-10(2)16-18-15(19-22-16)12-6-4-8-20(12)17(21)14-9-11-5-3-7-13(11)23-14/h9-10,12H,3-8H2,1-2H3/t12-/m1/s1. The summed E-state index contributed by atoms with van der Waals surface area (Å²) in [6, 6.07) is 2.05. The smallest absolute Gasteiger partial charge is 0.264 e. The van der Waals surface area contributed by atoms with Crippen LogP contribution in [-0.4, -0.2) is 27.5 Å². The van der Waals surface area contributed by atoms with Crippen LogP contribution in [0.15, 0.2) is 10.6 Å². The lowest BCUT2D eigenvalue weighted by atomic mass is 10.2. The molecular formula is C17H21N3O2S. The minimum atomic E-state index is -0.0457. The molecular weight excluding hydrogens is 310 g/mol. The van der Waals surface area contributed by atoms with Crippen molar-refractivity contribution in [2.24, 2.45) is 0 Å². The summed E-state index contributed by atoms with van der Waals surface area (Å²) >= 11 is 1.67. The first-order valence-electron chi connectivity index (χ1n) is 8.39. The highest BCUT2D eigenvalue weighted by atomic mass is 32.1. The average Bonchev–Trinajstić information content (AvgIpc) is 3.26. The third kappa shape index (κ3) is 2.59. The number of hydrogen-bond donors (Lipinski definition) is 0. The minimum absolute atomic E-state index is 0.0457. The van der Waals surface area contributed by atoms with E-state index in [1.165, 1.54) is 16.9 Å². The van der Waals surface area contributed by atoms with Gasteiger partial charge in [0, 0.05) is 17.3 Å². The van der Waals surface area contributed by atoms with E-state index in [4.69, 9.17) is 4.52 Å². The van der Waals surface area contributed by atoms with Crippen molar-refractivity contribution in [2.75, 3.05) is 6.54 Å². The number of likely N-dealkylation sites (tertiary alicyclic amines) is 1. The van der Waals surface area contributed by atoms with Crippen molar-refractivity contribution < 1.29 is 9.32 Å². The third-order valence-electron chi connectivity index (χ3n) is 4.72. The average molecular weight is 331 g/mol. The van der Waals surface area contributed by atoms with E-state index in [1.54, 1.807) is 11.3 Å². The monoisotopic (exact) mass is 331 g/mol. The van der Waals surface area contributed by atoms with Crippen LogP contribution in [0.2, 0.25) is 0 Å². The Hall–Kier alpha value is -1.69. The van der Waals surface area contributed by atoms with E-state index in [0.717, 1.165) is 37.1 Å². The predicted molar refractivity (Wildman–Crippen MR) is 87.7 cm³/mol. The van der Waals surface area contributed by atoms with Crippen LogP contribution >= 0.6 is 11.3 Å². The highest BCUT2D eigenvalue weighted by Crippen LogP contribution is 2.36. The molecule has 2 aliphatic rings. The molecule has 6 heteroatoms. The molecule has 4 rings (SSSR count). The quantitative estimate of drug-likeness (QED) is 0.860. The van der Waals surface area contributed by atoms with Gasteiger partial charge in [0.2, 0.25) is 5.89 Å². The lowest BCUT2D eigenvalue weighted by molar-refractivity contribution is 0.0733. The second-order valence-electron chi connectivity index (χ2n) is 6.71. The Kier molecular flexibility index (Phi) is 3.71. The van der Waals surface area contributed by atoms with Gasteiger partial charge in [0.05, 0.1) is 10.9 Å². The Labute approximate surface area is 139 Å². The number of carbonyl (C=O) groups excluding carboxylic acids is 1. The van der Waals surface area contributed by atoms with Crippen molar-refractivity contribution in [3.05, 3.63) is 33.1 Å². The van der Waals surface area contributed by atoms with Gasteiger partial charge in [0.1, 0.15) is 0 Å². The Balaban J connectivity index is 1.57. The molecule has 0 radical (unpaired) electrons. The Morgan fingerprint density at radius 1 is 1.39 bits per heavy atom. The highest BCUT2D eigenvalue weighted by molar-refractivity contribution is 7.14. The Bertz CT molecular complexity index is 713. The molecule has 0 aromatic carbocycles. The molecule has 1 aliphatic heterocycles. The zero-order valence-electron chi connectivity index (χ0n) is 13.5. The second kappa shape index (κ2) is 5.74. The number of hydrogen-bond acceptors (Lipinski definition) is 5. The molecule has 0 saturated carbocycles. The summed E-state index contributed by atoms with van der Waals surface area (Å²) in [5.41, 5.74) is 1.37. The van der Waals surface area contributed by atoms with Crippen molar-refractivity contribution in [1.82, 2.24) is 15.0 Å².